The third-order valence-corrected chi connectivity index (χ3v) is 9.48. The van der Waals surface area contributed by atoms with Gasteiger partial charge in [0.25, 0.3) is 0 Å². The molecule has 48 heavy (non-hydrogen) atoms. The highest BCUT2D eigenvalue weighted by Crippen LogP contribution is 2.36. The van der Waals surface area contributed by atoms with Gasteiger partial charge < -0.3 is 4.90 Å². The molecule has 0 aliphatic carbocycles. The van der Waals surface area contributed by atoms with Crippen molar-refractivity contribution in [2.45, 2.75) is 72.1 Å². The molecule has 1 heteroatoms. The molecule has 0 spiro atoms. The second-order valence-electron chi connectivity index (χ2n) is 13.2. The molecule has 0 N–H and O–H groups in total. The molecule has 0 fully saturated rings. The SMILES string of the molecule is CCCCc1ccc(CCc2ccc(-c3ccc(-c4ccc(N(c5ccc(C)cc5)c5ccc(CCCC)cc5)cc4)cc3)cc2)cc1. The van der Waals surface area contributed by atoms with Crippen LogP contribution >= 0.6 is 0 Å². The zero-order valence-electron chi connectivity index (χ0n) is 29.0. The van der Waals surface area contributed by atoms with Crippen LogP contribution in [0, 0.1) is 6.92 Å². The van der Waals surface area contributed by atoms with E-state index in [0.29, 0.717) is 0 Å². The number of aryl methyl sites for hydroxylation is 5. The number of nitrogens with zero attached hydrogens (tertiary/aromatic N) is 1. The van der Waals surface area contributed by atoms with Crippen LogP contribution in [0.2, 0.25) is 0 Å². The van der Waals surface area contributed by atoms with Gasteiger partial charge in [-0.3, -0.25) is 0 Å². The molecule has 0 radical (unpaired) electrons. The zero-order valence-corrected chi connectivity index (χ0v) is 29.0. The first-order valence-electron chi connectivity index (χ1n) is 17.9. The second-order valence-corrected chi connectivity index (χ2v) is 13.2. The number of unbranched alkanes of at least 4 members (excludes halogenated alkanes) is 2. The molecule has 6 rings (SSSR count). The summed E-state index contributed by atoms with van der Waals surface area (Å²) in [6.07, 6.45) is 9.43. The number of hydrogen-bond acceptors (Lipinski definition) is 1. The van der Waals surface area contributed by atoms with Gasteiger partial charge in [0.05, 0.1) is 0 Å². The summed E-state index contributed by atoms with van der Waals surface area (Å²) in [5.74, 6) is 0. The third kappa shape index (κ3) is 8.52. The van der Waals surface area contributed by atoms with Gasteiger partial charge in [-0.15, -0.1) is 0 Å². The molecule has 0 aliphatic heterocycles. The molecule has 242 valence electrons. The van der Waals surface area contributed by atoms with Gasteiger partial charge in [0.1, 0.15) is 0 Å². The predicted octanol–water partition coefficient (Wildman–Crippen LogP) is 13.3. The van der Waals surface area contributed by atoms with Gasteiger partial charge >= 0.3 is 0 Å². The zero-order chi connectivity index (χ0) is 33.1. The molecule has 0 saturated heterocycles. The molecule has 0 heterocycles. The second kappa shape index (κ2) is 16.3. The summed E-state index contributed by atoms with van der Waals surface area (Å²) in [6, 6.07) is 54.2. The van der Waals surface area contributed by atoms with Gasteiger partial charge in [0.15, 0.2) is 0 Å². The van der Waals surface area contributed by atoms with Gasteiger partial charge in [0, 0.05) is 17.1 Å². The first kappa shape index (κ1) is 33.0. The molecule has 0 unspecified atom stereocenters. The molecule has 0 aromatic heterocycles. The van der Waals surface area contributed by atoms with E-state index in [2.05, 4.69) is 171 Å². The average molecular weight is 628 g/mol. The van der Waals surface area contributed by atoms with E-state index in [1.165, 1.54) is 93.5 Å². The largest absolute Gasteiger partial charge is 0.311 e. The quantitative estimate of drug-likeness (QED) is 0.116. The van der Waals surface area contributed by atoms with Crippen LogP contribution in [0.1, 0.15) is 67.3 Å². The van der Waals surface area contributed by atoms with E-state index < -0.39 is 0 Å². The maximum atomic E-state index is 2.35. The van der Waals surface area contributed by atoms with Crippen LogP contribution in [-0.4, -0.2) is 0 Å². The number of anilines is 3. The summed E-state index contributed by atoms with van der Waals surface area (Å²) in [6.45, 7) is 6.65. The summed E-state index contributed by atoms with van der Waals surface area (Å²) >= 11 is 0. The van der Waals surface area contributed by atoms with Crippen molar-refractivity contribution in [1.82, 2.24) is 0 Å². The Labute approximate surface area is 288 Å². The standard InChI is InChI=1S/C47H49N/c1-4-6-8-37-12-14-39(15-13-37)16-17-40-18-22-41(23-19-40)42-24-26-43(27-25-42)44-28-34-47(35-29-44)48(45-30-10-36(3)11-31-45)46-32-20-38(21-33-46)9-7-5-2/h10-15,18-35H,4-9,16-17H2,1-3H3. The van der Waals surface area contributed by atoms with E-state index in [9.17, 15) is 0 Å². The van der Waals surface area contributed by atoms with Crippen LogP contribution in [0.15, 0.2) is 146 Å². The summed E-state index contributed by atoms with van der Waals surface area (Å²) in [5, 5.41) is 0. The van der Waals surface area contributed by atoms with E-state index >= 15 is 0 Å². The van der Waals surface area contributed by atoms with Crippen molar-refractivity contribution in [2.75, 3.05) is 4.90 Å². The molecule has 0 saturated carbocycles. The van der Waals surface area contributed by atoms with E-state index in [1.54, 1.807) is 0 Å². The third-order valence-electron chi connectivity index (χ3n) is 9.48. The lowest BCUT2D eigenvalue weighted by Crippen LogP contribution is -2.10. The summed E-state index contributed by atoms with van der Waals surface area (Å²) in [5.41, 5.74) is 15.4. The minimum absolute atomic E-state index is 1.06. The lowest BCUT2D eigenvalue weighted by atomic mass is 9.97. The number of hydrogen-bond donors (Lipinski definition) is 0. The Bertz CT molecular complexity index is 1830. The number of benzene rings is 6. The summed E-state index contributed by atoms with van der Waals surface area (Å²) in [7, 11) is 0. The van der Waals surface area contributed by atoms with Crippen LogP contribution < -0.4 is 4.90 Å². The van der Waals surface area contributed by atoms with Gasteiger partial charge in [-0.1, -0.05) is 141 Å². The molecule has 6 aromatic carbocycles. The fraction of sp³-hybridized carbons (Fsp3) is 0.234. The van der Waals surface area contributed by atoms with Gasteiger partial charge in [-0.05, 0) is 126 Å². The monoisotopic (exact) mass is 627 g/mol. The lowest BCUT2D eigenvalue weighted by molar-refractivity contribution is 0.794. The maximum Gasteiger partial charge on any atom is 0.0462 e. The Hall–Kier alpha value is -4.88. The minimum atomic E-state index is 1.06. The Morgan fingerprint density at radius 1 is 0.333 bits per heavy atom. The molecule has 0 amide bonds. The first-order valence-corrected chi connectivity index (χ1v) is 17.9. The molecular weight excluding hydrogens is 579 g/mol. The van der Waals surface area contributed by atoms with Crippen molar-refractivity contribution in [3.8, 4) is 22.3 Å². The fourth-order valence-corrected chi connectivity index (χ4v) is 6.40. The minimum Gasteiger partial charge on any atom is -0.311 e. The number of rotatable bonds is 14. The summed E-state index contributed by atoms with van der Waals surface area (Å²) in [4.78, 5) is 2.35. The molecule has 0 aliphatic rings. The van der Waals surface area contributed by atoms with Crippen molar-refractivity contribution in [3.05, 3.63) is 173 Å². The lowest BCUT2D eigenvalue weighted by Gasteiger charge is -2.26. The molecule has 6 aromatic rings. The van der Waals surface area contributed by atoms with E-state index in [0.717, 1.165) is 24.9 Å². The van der Waals surface area contributed by atoms with Crippen molar-refractivity contribution in [2.24, 2.45) is 0 Å². The van der Waals surface area contributed by atoms with Crippen LogP contribution in [0.4, 0.5) is 17.1 Å². The van der Waals surface area contributed by atoms with Crippen molar-refractivity contribution < 1.29 is 0 Å². The highest BCUT2D eigenvalue weighted by Gasteiger charge is 2.13. The summed E-state index contributed by atoms with van der Waals surface area (Å²) < 4.78 is 0. The average Bonchev–Trinajstić information content (AvgIpc) is 3.15. The van der Waals surface area contributed by atoms with Gasteiger partial charge in [0.2, 0.25) is 0 Å². The highest BCUT2D eigenvalue weighted by atomic mass is 15.1. The Morgan fingerprint density at radius 2 is 0.604 bits per heavy atom. The highest BCUT2D eigenvalue weighted by molar-refractivity contribution is 5.79. The van der Waals surface area contributed by atoms with Crippen LogP contribution in [0.25, 0.3) is 22.3 Å². The Morgan fingerprint density at radius 3 is 1.00 bits per heavy atom. The molecule has 0 atom stereocenters. The molecule has 1 nitrogen and oxygen atoms in total. The van der Waals surface area contributed by atoms with Crippen molar-refractivity contribution >= 4 is 17.1 Å². The Kier molecular flexibility index (Phi) is 11.2. The molecular formula is C47H49N. The van der Waals surface area contributed by atoms with Crippen LogP contribution in [-0.2, 0) is 25.7 Å². The normalized spacial score (nSPS) is 11.1. The Balaban J connectivity index is 1.12. The topological polar surface area (TPSA) is 3.24 Å². The van der Waals surface area contributed by atoms with Gasteiger partial charge in [-0.2, -0.15) is 0 Å². The van der Waals surface area contributed by atoms with Crippen molar-refractivity contribution in [3.63, 3.8) is 0 Å². The van der Waals surface area contributed by atoms with E-state index in [1.807, 2.05) is 0 Å². The van der Waals surface area contributed by atoms with E-state index in [4.69, 9.17) is 0 Å². The van der Waals surface area contributed by atoms with Crippen molar-refractivity contribution in [1.29, 1.82) is 0 Å². The fourth-order valence-electron chi connectivity index (χ4n) is 6.40. The van der Waals surface area contributed by atoms with E-state index in [-0.39, 0.29) is 0 Å². The van der Waals surface area contributed by atoms with Crippen LogP contribution in [0.3, 0.4) is 0 Å². The van der Waals surface area contributed by atoms with Gasteiger partial charge in [-0.25, -0.2) is 0 Å². The molecule has 0 bridgehead atoms. The smallest absolute Gasteiger partial charge is 0.0462 e. The predicted molar refractivity (Wildman–Crippen MR) is 208 cm³/mol. The first-order chi connectivity index (χ1) is 23.6. The van der Waals surface area contributed by atoms with Crippen LogP contribution in [0.5, 0.6) is 0 Å². The maximum absolute atomic E-state index is 2.35.